The van der Waals surface area contributed by atoms with Gasteiger partial charge in [0, 0.05) is 13.0 Å². The van der Waals surface area contributed by atoms with E-state index in [1.54, 1.807) is 0 Å². The summed E-state index contributed by atoms with van der Waals surface area (Å²) in [6.07, 6.45) is 0.962. The normalized spacial score (nSPS) is 12.5. The number of benzene rings is 1. The van der Waals surface area contributed by atoms with Gasteiger partial charge in [-0.15, -0.1) is 0 Å². The molecule has 5 nitrogen and oxygen atoms in total. The van der Waals surface area contributed by atoms with Crippen molar-refractivity contribution in [2.24, 2.45) is 5.92 Å². The van der Waals surface area contributed by atoms with Crippen LogP contribution in [0.3, 0.4) is 0 Å². The van der Waals surface area contributed by atoms with E-state index >= 15 is 0 Å². The second-order valence-electron chi connectivity index (χ2n) is 4.24. The molecule has 2 rings (SSSR count). The molecule has 0 bridgehead atoms. The molecule has 0 amide bonds. The molecule has 0 fully saturated rings. The third-order valence-electron chi connectivity index (χ3n) is 2.88. The molecule has 0 radical (unpaired) electrons. The molecular weight excluding hydrogens is 232 g/mol. The summed E-state index contributed by atoms with van der Waals surface area (Å²) in [6, 6.07) is 7.95. The van der Waals surface area contributed by atoms with E-state index in [-0.39, 0.29) is 12.3 Å². The van der Waals surface area contributed by atoms with E-state index in [1.165, 1.54) is 0 Å². The fourth-order valence-electron chi connectivity index (χ4n) is 1.79. The van der Waals surface area contributed by atoms with Crippen LogP contribution >= 0.6 is 0 Å². The second-order valence-corrected chi connectivity index (χ2v) is 4.24. The lowest BCUT2D eigenvalue weighted by molar-refractivity contribution is -0.138. The average molecular weight is 248 g/mol. The van der Waals surface area contributed by atoms with E-state index in [0.29, 0.717) is 12.6 Å². The van der Waals surface area contributed by atoms with Gasteiger partial charge in [-0.1, -0.05) is 25.5 Å². The highest BCUT2D eigenvalue weighted by Gasteiger charge is 2.12. The van der Waals surface area contributed by atoms with Crippen LogP contribution < -0.4 is 5.32 Å². The number of aromatic nitrogens is 1. The van der Waals surface area contributed by atoms with Crippen LogP contribution in [0.25, 0.3) is 11.1 Å². The monoisotopic (exact) mass is 248 g/mol. The van der Waals surface area contributed by atoms with Crippen LogP contribution in [0.4, 0.5) is 6.01 Å². The van der Waals surface area contributed by atoms with Gasteiger partial charge in [0.15, 0.2) is 5.58 Å². The molecule has 5 heteroatoms. The molecule has 1 aromatic carbocycles. The minimum Gasteiger partial charge on any atom is -0.481 e. The van der Waals surface area contributed by atoms with Gasteiger partial charge in [-0.2, -0.15) is 4.98 Å². The van der Waals surface area contributed by atoms with E-state index in [4.69, 9.17) is 9.52 Å². The highest BCUT2D eigenvalue weighted by atomic mass is 16.4. The van der Waals surface area contributed by atoms with Gasteiger partial charge in [-0.3, -0.25) is 4.79 Å². The minimum atomic E-state index is -0.777. The van der Waals surface area contributed by atoms with Gasteiger partial charge in [0.05, 0.1) is 0 Å². The molecule has 0 aliphatic heterocycles. The number of hydrogen-bond donors (Lipinski definition) is 2. The van der Waals surface area contributed by atoms with Gasteiger partial charge >= 0.3 is 5.97 Å². The highest BCUT2D eigenvalue weighted by Crippen LogP contribution is 2.19. The highest BCUT2D eigenvalue weighted by molar-refractivity contribution is 5.74. The van der Waals surface area contributed by atoms with Crippen LogP contribution in [-0.2, 0) is 4.79 Å². The molecule has 2 aromatic rings. The number of carboxylic acid groups (broad SMARTS) is 1. The maximum atomic E-state index is 10.7. The lowest BCUT2D eigenvalue weighted by Crippen LogP contribution is -2.17. The number of nitrogens with one attached hydrogen (secondary N) is 1. The van der Waals surface area contributed by atoms with Crippen LogP contribution in [0.1, 0.15) is 19.8 Å². The Morgan fingerprint density at radius 2 is 2.28 bits per heavy atom. The van der Waals surface area contributed by atoms with E-state index in [0.717, 1.165) is 17.5 Å². The van der Waals surface area contributed by atoms with Crippen molar-refractivity contribution in [3.05, 3.63) is 24.3 Å². The summed E-state index contributed by atoms with van der Waals surface area (Å²) < 4.78 is 5.50. The van der Waals surface area contributed by atoms with Crippen molar-refractivity contribution in [3.63, 3.8) is 0 Å². The number of fused-ring (bicyclic) bond motifs is 1. The molecule has 18 heavy (non-hydrogen) atoms. The third kappa shape index (κ3) is 3.00. The maximum Gasteiger partial charge on any atom is 0.303 e. The van der Waals surface area contributed by atoms with E-state index < -0.39 is 5.97 Å². The van der Waals surface area contributed by atoms with Gasteiger partial charge in [0.2, 0.25) is 0 Å². The first-order chi connectivity index (χ1) is 8.69. The first-order valence-electron chi connectivity index (χ1n) is 6.00. The smallest absolute Gasteiger partial charge is 0.303 e. The zero-order chi connectivity index (χ0) is 13.0. The summed E-state index contributed by atoms with van der Waals surface area (Å²) >= 11 is 0. The molecule has 0 saturated heterocycles. The first-order valence-corrected chi connectivity index (χ1v) is 6.00. The van der Waals surface area contributed by atoms with Crippen LogP contribution in [0.2, 0.25) is 0 Å². The van der Waals surface area contributed by atoms with Crippen LogP contribution in [0.15, 0.2) is 28.7 Å². The third-order valence-corrected chi connectivity index (χ3v) is 2.88. The number of carbonyl (C=O) groups is 1. The molecule has 96 valence electrons. The standard InChI is InChI=1S/C13H16N2O3/c1-2-9(7-12(16)17)8-14-13-15-10-5-3-4-6-11(10)18-13/h3-6,9H,2,7-8H2,1H3,(H,14,15)(H,16,17). The number of rotatable bonds is 6. The summed E-state index contributed by atoms with van der Waals surface area (Å²) in [4.78, 5) is 14.9. The van der Waals surface area contributed by atoms with Crippen molar-refractivity contribution in [3.8, 4) is 0 Å². The van der Waals surface area contributed by atoms with Gasteiger partial charge < -0.3 is 14.8 Å². The topological polar surface area (TPSA) is 75.4 Å². The van der Waals surface area contributed by atoms with Crippen molar-refractivity contribution in [2.45, 2.75) is 19.8 Å². The van der Waals surface area contributed by atoms with Crippen molar-refractivity contribution in [1.29, 1.82) is 0 Å². The Labute approximate surface area is 105 Å². The molecule has 1 aromatic heterocycles. The minimum absolute atomic E-state index is 0.0810. The van der Waals surface area contributed by atoms with Gasteiger partial charge in [-0.25, -0.2) is 0 Å². The molecule has 1 atom stereocenters. The zero-order valence-electron chi connectivity index (χ0n) is 10.2. The Balaban J connectivity index is 1.98. The number of hydrogen-bond acceptors (Lipinski definition) is 4. The molecular formula is C13H16N2O3. The number of para-hydroxylation sites is 2. The van der Waals surface area contributed by atoms with Crippen molar-refractivity contribution in [1.82, 2.24) is 4.98 Å². The second kappa shape index (κ2) is 5.53. The molecule has 0 saturated carbocycles. The van der Waals surface area contributed by atoms with Crippen LogP contribution in [0.5, 0.6) is 0 Å². The number of carboxylic acids is 1. The number of nitrogens with zero attached hydrogens (tertiary/aromatic N) is 1. The SMILES string of the molecule is CCC(CNc1nc2ccccc2o1)CC(=O)O. The molecule has 2 N–H and O–H groups in total. The fraction of sp³-hybridized carbons (Fsp3) is 0.385. The van der Waals surface area contributed by atoms with Crippen molar-refractivity contribution >= 4 is 23.1 Å². The zero-order valence-corrected chi connectivity index (χ0v) is 10.2. The fourth-order valence-corrected chi connectivity index (χ4v) is 1.79. The van der Waals surface area contributed by atoms with E-state index in [9.17, 15) is 4.79 Å². The number of oxazole rings is 1. The predicted molar refractivity (Wildman–Crippen MR) is 68.5 cm³/mol. The molecule has 0 aliphatic carbocycles. The predicted octanol–water partition coefficient (Wildman–Crippen LogP) is 2.74. The summed E-state index contributed by atoms with van der Waals surface area (Å²) in [6.45, 7) is 2.52. The van der Waals surface area contributed by atoms with Gasteiger partial charge in [0.25, 0.3) is 6.01 Å². The summed E-state index contributed by atoms with van der Waals surface area (Å²) in [5.41, 5.74) is 1.53. The number of aliphatic carboxylic acids is 1. The van der Waals surface area contributed by atoms with E-state index in [1.807, 2.05) is 31.2 Å². The van der Waals surface area contributed by atoms with Crippen molar-refractivity contribution < 1.29 is 14.3 Å². The average Bonchev–Trinajstić information content (AvgIpc) is 2.76. The Bertz CT molecular complexity index is 503. The molecule has 1 unspecified atom stereocenters. The number of anilines is 1. The van der Waals surface area contributed by atoms with Gasteiger partial charge in [0.1, 0.15) is 5.52 Å². The largest absolute Gasteiger partial charge is 0.481 e. The van der Waals surface area contributed by atoms with E-state index in [2.05, 4.69) is 10.3 Å². The first kappa shape index (κ1) is 12.4. The Kier molecular flexibility index (Phi) is 3.82. The Morgan fingerprint density at radius 3 is 2.94 bits per heavy atom. The van der Waals surface area contributed by atoms with Crippen LogP contribution in [0, 0.1) is 5.92 Å². The Hall–Kier alpha value is -2.04. The molecule has 0 aliphatic rings. The quantitative estimate of drug-likeness (QED) is 0.822. The van der Waals surface area contributed by atoms with Gasteiger partial charge in [-0.05, 0) is 18.1 Å². The molecule has 1 heterocycles. The Morgan fingerprint density at radius 1 is 1.50 bits per heavy atom. The lowest BCUT2D eigenvalue weighted by Gasteiger charge is -2.11. The molecule has 0 spiro atoms. The summed E-state index contributed by atoms with van der Waals surface area (Å²) in [5, 5.41) is 11.8. The summed E-state index contributed by atoms with van der Waals surface area (Å²) in [7, 11) is 0. The van der Waals surface area contributed by atoms with Crippen LogP contribution in [-0.4, -0.2) is 22.6 Å². The lowest BCUT2D eigenvalue weighted by atomic mass is 10.0. The maximum absolute atomic E-state index is 10.7. The van der Waals surface area contributed by atoms with Crippen molar-refractivity contribution in [2.75, 3.05) is 11.9 Å². The summed E-state index contributed by atoms with van der Waals surface area (Å²) in [5.74, 6) is -0.696.